The van der Waals surface area contributed by atoms with Gasteiger partial charge in [0.15, 0.2) is 0 Å². The maximum absolute atomic E-state index is 5.91. The van der Waals surface area contributed by atoms with E-state index in [1.165, 1.54) is 25.7 Å². The quantitative estimate of drug-likeness (QED) is 0.600. The lowest BCUT2D eigenvalue weighted by molar-refractivity contribution is 0.183. The normalized spacial score (nSPS) is 12.4. The van der Waals surface area contributed by atoms with Crippen LogP contribution in [0, 0.1) is 0 Å². The Bertz CT molecular complexity index is 243. The highest BCUT2D eigenvalue weighted by molar-refractivity contribution is 5.21. The largest absolute Gasteiger partial charge is 0.490 e. The van der Waals surface area contributed by atoms with Crippen molar-refractivity contribution in [3.63, 3.8) is 0 Å². The average Bonchev–Trinajstić information content (AvgIpc) is 2.29. The molecule has 1 atom stereocenters. The summed E-state index contributed by atoms with van der Waals surface area (Å²) in [6.07, 6.45) is 6.54. The predicted octanol–water partition coefficient (Wildman–Crippen LogP) is 4.42. The highest BCUT2D eigenvalue weighted by Crippen LogP contribution is 2.16. The van der Waals surface area contributed by atoms with Gasteiger partial charge in [-0.15, -0.1) is 0 Å². The molecule has 0 N–H and O–H groups in total. The fourth-order valence-corrected chi connectivity index (χ4v) is 1.66. The van der Waals surface area contributed by atoms with Gasteiger partial charge in [0.2, 0.25) is 0 Å². The summed E-state index contributed by atoms with van der Waals surface area (Å²) in [4.78, 5) is 0. The zero-order valence-corrected chi connectivity index (χ0v) is 9.91. The van der Waals surface area contributed by atoms with Crippen LogP contribution in [0.1, 0.15) is 46.0 Å². The molecule has 0 radical (unpaired) electrons. The van der Waals surface area contributed by atoms with Crippen LogP contribution in [0.5, 0.6) is 5.75 Å². The van der Waals surface area contributed by atoms with Crippen LogP contribution in [0.4, 0.5) is 0 Å². The van der Waals surface area contributed by atoms with Crippen LogP contribution in [-0.2, 0) is 0 Å². The Labute approximate surface area is 93.5 Å². The molecule has 0 spiro atoms. The molecule has 0 fully saturated rings. The lowest BCUT2D eigenvalue weighted by Crippen LogP contribution is -2.14. The molecule has 1 nitrogen and oxygen atoms in total. The van der Waals surface area contributed by atoms with Gasteiger partial charge in [0.05, 0.1) is 6.10 Å². The third kappa shape index (κ3) is 4.87. The molecule has 84 valence electrons. The predicted molar refractivity (Wildman–Crippen MR) is 65.3 cm³/mol. The number of unbranched alkanes of at least 4 members (excludes halogenated alkanes) is 2. The van der Waals surface area contributed by atoms with Crippen LogP contribution >= 0.6 is 0 Å². The van der Waals surface area contributed by atoms with Crippen molar-refractivity contribution in [1.82, 2.24) is 0 Å². The molecule has 1 aromatic rings. The molecule has 0 amide bonds. The average molecular weight is 206 g/mol. The maximum Gasteiger partial charge on any atom is 0.119 e. The third-order valence-corrected chi connectivity index (χ3v) is 2.63. The van der Waals surface area contributed by atoms with Gasteiger partial charge in [-0.1, -0.05) is 44.9 Å². The molecule has 0 aliphatic rings. The number of rotatable bonds is 7. The van der Waals surface area contributed by atoms with Gasteiger partial charge in [-0.25, -0.2) is 0 Å². The maximum atomic E-state index is 5.91. The van der Waals surface area contributed by atoms with Gasteiger partial charge in [0, 0.05) is 0 Å². The lowest BCUT2D eigenvalue weighted by atomic mass is 10.1. The minimum absolute atomic E-state index is 0.388. The molecular formula is C14H22O. The molecule has 0 saturated heterocycles. The van der Waals surface area contributed by atoms with E-state index in [-0.39, 0.29) is 0 Å². The van der Waals surface area contributed by atoms with Gasteiger partial charge in [-0.05, 0) is 31.4 Å². The second kappa shape index (κ2) is 7.33. The Morgan fingerprint density at radius 2 is 1.80 bits per heavy atom. The lowest BCUT2D eigenvalue weighted by Gasteiger charge is -2.17. The number of benzene rings is 1. The summed E-state index contributed by atoms with van der Waals surface area (Å²) in [5, 5.41) is 0. The first-order valence-electron chi connectivity index (χ1n) is 6.08. The van der Waals surface area contributed by atoms with Crippen molar-refractivity contribution in [2.24, 2.45) is 0 Å². The Kier molecular flexibility index (Phi) is 5.91. The summed E-state index contributed by atoms with van der Waals surface area (Å²) in [6, 6.07) is 10.1. The molecule has 0 saturated carbocycles. The van der Waals surface area contributed by atoms with Crippen molar-refractivity contribution in [2.75, 3.05) is 0 Å². The molecule has 0 aliphatic carbocycles. The van der Waals surface area contributed by atoms with Crippen LogP contribution in [0.15, 0.2) is 30.3 Å². The smallest absolute Gasteiger partial charge is 0.119 e. The van der Waals surface area contributed by atoms with Crippen molar-refractivity contribution in [3.8, 4) is 5.75 Å². The molecule has 1 rings (SSSR count). The van der Waals surface area contributed by atoms with Gasteiger partial charge in [0.25, 0.3) is 0 Å². The molecule has 1 aromatic carbocycles. The van der Waals surface area contributed by atoms with Crippen molar-refractivity contribution in [3.05, 3.63) is 30.3 Å². The van der Waals surface area contributed by atoms with E-state index in [1.54, 1.807) is 0 Å². The van der Waals surface area contributed by atoms with Gasteiger partial charge in [0.1, 0.15) is 5.75 Å². The zero-order chi connectivity index (χ0) is 10.9. The van der Waals surface area contributed by atoms with E-state index in [1.807, 2.05) is 30.3 Å². The Morgan fingerprint density at radius 1 is 1.07 bits per heavy atom. The second-order valence-electron chi connectivity index (χ2n) is 3.96. The minimum atomic E-state index is 0.388. The second-order valence-corrected chi connectivity index (χ2v) is 3.96. The molecule has 0 bridgehead atoms. The highest BCUT2D eigenvalue weighted by Gasteiger charge is 2.06. The van der Waals surface area contributed by atoms with Crippen LogP contribution in [-0.4, -0.2) is 6.10 Å². The van der Waals surface area contributed by atoms with Gasteiger partial charge in [-0.2, -0.15) is 0 Å². The molecule has 1 unspecified atom stereocenters. The van der Waals surface area contributed by atoms with E-state index in [4.69, 9.17) is 4.74 Å². The number of hydrogen-bond donors (Lipinski definition) is 0. The van der Waals surface area contributed by atoms with E-state index >= 15 is 0 Å². The third-order valence-electron chi connectivity index (χ3n) is 2.63. The van der Waals surface area contributed by atoms with Gasteiger partial charge in [-0.3, -0.25) is 0 Å². The summed E-state index contributed by atoms with van der Waals surface area (Å²) in [6.45, 7) is 4.43. The summed E-state index contributed by atoms with van der Waals surface area (Å²) < 4.78 is 5.91. The molecule has 1 heteroatoms. The van der Waals surface area contributed by atoms with Crippen LogP contribution in [0.2, 0.25) is 0 Å². The molecule has 0 aromatic heterocycles. The van der Waals surface area contributed by atoms with Crippen molar-refractivity contribution < 1.29 is 4.74 Å². The standard InChI is InChI=1S/C14H22O/c1-3-5-7-10-13(4-2)15-14-11-8-6-9-12-14/h6,8-9,11-13H,3-5,7,10H2,1-2H3. The minimum Gasteiger partial charge on any atom is -0.490 e. The Hall–Kier alpha value is -0.980. The van der Waals surface area contributed by atoms with Crippen molar-refractivity contribution >= 4 is 0 Å². The summed E-state index contributed by atoms with van der Waals surface area (Å²) >= 11 is 0. The van der Waals surface area contributed by atoms with Gasteiger partial charge >= 0.3 is 0 Å². The first-order chi connectivity index (χ1) is 7.36. The topological polar surface area (TPSA) is 9.23 Å². The number of ether oxygens (including phenoxy) is 1. The van der Waals surface area contributed by atoms with Crippen LogP contribution in [0.3, 0.4) is 0 Å². The van der Waals surface area contributed by atoms with E-state index < -0.39 is 0 Å². The van der Waals surface area contributed by atoms with Crippen LogP contribution < -0.4 is 4.74 Å². The summed E-state index contributed by atoms with van der Waals surface area (Å²) in [5.74, 6) is 1.00. The highest BCUT2D eigenvalue weighted by atomic mass is 16.5. The summed E-state index contributed by atoms with van der Waals surface area (Å²) in [5.41, 5.74) is 0. The Balaban J connectivity index is 2.33. The fourth-order valence-electron chi connectivity index (χ4n) is 1.66. The zero-order valence-electron chi connectivity index (χ0n) is 9.91. The number of para-hydroxylation sites is 1. The molecule has 0 heterocycles. The summed E-state index contributed by atoms with van der Waals surface area (Å²) in [7, 11) is 0. The molecule has 15 heavy (non-hydrogen) atoms. The SMILES string of the molecule is CCCCCC(CC)Oc1ccccc1. The van der Waals surface area contributed by atoms with Crippen molar-refractivity contribution in [2.45, 2.75) is 52.1 Å². The van der Waals surface area contributed by atoms with Crippen LogP contribution in [0.25, 0.3) is 0 Å². The van der Waals surface area contributed by atoms with E-state index in [0.29, 0.717) is 6.10 Å². The van der Waals surface area contributed by atoms with E-state index in [9.17, 15) is 0 Å². The molecular weight excluding hydrogens is 184 g/mol. The van der Waals surface area contributed by atoms with E-state index in [0.717, 1.165) is 12.2 Å². The Morgan fingerprint density at radius 3 is 2.40 bits per heavy atom. The van der Waals surface area contributed by atoms with Gasteiger partial charge < -0.3 is 4.74 Å². The fraction of sp³-hybridized carbons (Fsp3) is 0.571. The number of hydrogen-bond acceptors (Lipinski definition) is 1. The molecule has 0 aliphatic heterocycles. The first kappa shape index (κ1) is 12.1. The van der Waals surface area contributed by atoms with E-state index in [2.05, 4.69) is 13.8 Å². The first-order valence-corrected chi connectivity index (χ1v) is 6.08. The monoisotopic (exact) mass is 206 g/mol. The van der Waals surface area contributed by atoms with Crippen molar-refractivity contribution in [1.29, 1.82) is 0 Å².